The van der Waals surface area contributed by atoms with Gasteiger partial charge in [0.25, 0.3) is 5.91 Å². The summed E-state index contributed by atoms with van der Waals surface area (Å²) in [6.07, 6.45) is 0.403. The third kappa shape index (κ3) is 5.54. The first-order valence-electron chi connectivity index (χ1n) is 11.6. The van der Waals surface area contributed by atoms with Crippen molar-refractivity contribution in [3.8, 4) is 0 Å². The zero-order valence-electron chi connectivity index (χ0n) is 19.9. The van der Waals surface area contributed by atoms with Gasteiger partial charge in [0.15, 0.2) is 0 Å². The van der Waals surface area contributed by atoms with Crippen LogP contribution in [0, 0.1) is 0 Å². The lowest BCUT2D eigenvalue weighted by molar-refractivity contribution is -0.112. The Labute approximate surface area is 217 Å². The van der Waals surface area contributed by atoms with Crippen molar-refractivity contribution in [1.29, 1.82) is 0 Å². The average molecular weight is 549 g/mol. The van der Waals surface area contributed by atoms with Crippen molar-refractivity contribution in [2.24, 2.45) is 4.99 Å². The van der Waals surface area contributed by atoms with Gasteiger partial charge in [0.05, 0.1) is 36.1 Å². The Kier molecular flexibility index (Phi) is 7.95. The maximum Gasteiger partial charge on any atom is 0.338 e. The molecule has 1 atom stereocenters. The molecule has 1 aliphatic heterocycles. The van der Waals surface area contributed by atoms with Crippen LogP contribution in [0.1, 0.15) is 52.6 Å². The van der Waals surface area contributed by atoms with Gasteiger partial charge in [0.2, 0.25) is 0 Å². The van der Waals surface area contributed by atoms with Crippen molar-refractivity contribution in [2.45, 2.75) is 26.3 Å². The van der Waals surface area contributed by atoms with Crippen LogP contribution >= 0.6 is 15.9 Å². The normalized spacial score (nSPS) is 16.3. The fraction of sp³-hybridized carbons (Fsp3) is 0.214. The van der Waals surface area contributed by atoms with Crippen LogP contribution < -0.4 is 4.90 Å². The first-order chi connectivity index (χ1) is 17.4. The molecule has 184 valence electrons. The zero-order valence-corrected chi connectivity index (χ0v) is 21.5. The van der Waals surface area contributed by atoms with Gasteiger partial charge >= 0.3 is 11.9 Å². The number of aliphatic imine (C=N–C) groups is 1. The average Bonchev–Trinajstić information content (AvgIpc) is 3.21. The molecule has 36 heavy (non-hydrogen) atoms. The molecule has 1 fully saturated rings. The number of hydrogen-bond donors (Lipinski definition) is 0. The van der Waals surface area contributed by atoms with E-state index in [0.717, 1.165) is 10.0 Å². The SMILES string of the molecule is CCOC(=O)c1ccc(N=C2CC(c3ccc(Br)cc3)N(c3ccc(C(=O)OCC)cc3)C2=O)cc1. The topological polar surface area (TPSA) is 85.3 Å². The second kappa shape index (κ2) is 11.3. The van der Waals surface area contributed by atoms with Gasteiger partial charge in [-0.05, 0) is 80.1 Å². The molecular weight excluding hydrogens is 524 g/mol. The molecular formula is C28H25BrN2O5. The van der Waals surface area contributed by atoms with Crippen LogP contribution in [0.25, 0.3) is 0 Å². The number of anilines is 1. The first-order valence-corrected chi connectivity index (χ1v) is 12.4. The smallest absolute Gasteiger partial charge is 0.338 e. The lowest BCUT2D eigenvalue weighted by atomic mass is 10.0. The Bertz CT molecular complexity index is 1290. The van der Waals surface area contributed by atoms with E-state index in [1.807, 2.05) is 24.3 Å². The Morgan fingerprint density at radius 1 is 0.861 bits per heavy atom. The summed E-state index contributed by atoms with van der Waals surface area (Å²) in [5.41, 5.74) is 3.44. The highest BCUT2D eigenvalue weighted by atomic mass is 79.9. The molecule has 0 saturated carbocycles. The highest BCUT2D eigenvalue weighted by Gasteiger charge is 2.38. The van der Waals surface area contributed by atoms with E-state index in [1.54, 1.807) is 67.3 Å². The third-order valence-electron chi connectivity index (χ3n) is 5.72. The predicted octanol–water partition coefficient (Wildman–Crippen LogP) is 6.05. The molecule has 0 radical (unpaired) electrons. The Morgan fingerprint density at radius 2 is 1.39 bits per heavy atom. The number of rotatable bonds is 7. The van der Waals surface area contributed by atoms with E-state index in [1.165, 1.54) is 0 Å². The highest BCUT2D eigenvalue weighted by molar-refractivity contribution is 9.10. The maximum atomic E-state index is 13.6. The van der Waals surface area contributed by atoms with Gasteiger partial charge in [-0.15, -0.1) is 0 Å². The van der Waals surface area contributed by atoms with E-state index < -0.39 is 11.9 Å². The van der Waals surface area contributed by atoms with Crippen LogP contribution in [0.5, 0.6) is 0 Å². The minimum Gasteiger partial charge on any atom is -0.462 e. The number of carbonyl (C=O) groups is 3. The second-order valence-corrected chi connectivity index (χ2v) is 8.96. The molecule has 1 aliphatic rings. The minimum absolute atomic E-state index is 0.221. The summed E-state index contributed by atoms with van der Waals surface area (Å²) < 4.78 is 11.0. The van der Waals surface area contributed by atoms with Crippen LogP contribution in [-0.4, -0.2) is 36.8 Å². The van der Waals surface area contributed by atoms with E-state index in [9.17, 15) is 14.4 Å². The molecule has 1 saturated heterocycles. The number of benzene rings is 3. The summed E-state index contributed by atoms with van der Waals surface area (Å²) in [4.78, 5) is 43.9. The van der Waals surface area contributed by atoms with Crippen molar-refractivity contribution in [1.82, 2.24) is 0 Å². The van der Waals surface area contributed by atoms with Crippen LogP contribution in [0.2, 0.25) is 0 Å². The van der Waals surface area contributed by atoms with Crippen molar-refractivity contribution >= 4 is 50.9 Å². The number of nitrogens with zero attached hydrogens (tertiary/aromatic N) is 2. The van der Waals surface area contributed by atoms with E-state index >= 15 is 0 Å². The largest absolute Gasteiger partial charge is 0.462 e. The van der Waals surface area contributed by atoms with Gasteiger partial charge in [-0.25, -0.2) is 14.6 Å². The molecule has 7 nitrogen and oxygen atoms in total. The fourth-order valence-corrected chi connectivity index (χ4v) is 4.26. The van der Waals surface area contributed by atoms with Crippen molar-refractivity contribution < 1.29 is 23.9 Å². The molecule has 8 heteroatoms. The molecule has 1 unspecified atom stereocenters. The number of ether oxygens (including phenoxy) is 2. The van der Waals surface area contributed by atoms with Crippen molar-refractivity contribution in [2.75, 3.05) is 18.1 Å². The number of amides is 1. The molecule has 3 aromatic carbocycles. The highest BCUT2D eigenvalue weighted by Crippen LogP contribution is 2.37. The molecule has 0 bridgehead atoms. The van der Waals surface area contributed by atoms with Gasteiger partial charge in [0, 0.05) is 16.6 Å². The molecule has 0 aromatic heterocycles. The van der Waals surface area contributed by atoms with E-state index in [-0.39, 0.29) is 18.6 Å². The van der Waals surface area contributed by atoms with Gasteiger partial charge in [-0.3, -0.25) is 9.69 Å². The Hall–Kier alpha value is -3.78. The van der Waals surface area contributed by atoms with Crippen molar-refractivity contribution in [3.05, 3.63) is 94.0 Å². The molecule has 4 rings (SSSR count). The van der Waals surface area contributed by atoms with Gasteiger partial charge in [-0.1, -0.05) is 28.1 Å². The number of halogens is 1. The predicted molar refractivity (Wildman–Crippen MR) is 141 cm³/mol. The number of carbonyl (C=O) groups excluding carboxylic acids is 3. The summed E-state index contributed by atoms with van der Waals surface area (Å²) >= 11 is 3.46. The van der Waals surface area contributed by atoms with Crippen LogP contribution in [0.3, 0.4) is 0 Å². The van der Waals surface area contributed by atoms with Crippen LogP contribution in [0.15, 0.2) is 82.3 Å². The second-order valence-electron chi connectivity index (χ2n) is 8.04. The minimum atomic E-state index is -0.408. The first kappa shape index (κ1) is 25.3. The van der Waals surface area contributed by atoms with Gasteiger partial charge in [0.1, 0.15) is 5.71 Å². The molecule has 0 spiro atoms. The summed E-state index contributed by atoms with van der Waals surface area (Å²) in [5.74, 6) is -1.03. The summed E-state index contributed by atoms with van der Waals surface area (Å²) in [7, 11) is 0. The van der Waals surface area contributed by atoms with Crippen LogP contribution in [0.4, 0.5) is 11.4 Å². The summed E-state index contributed by atoms with van der Waals surface area (Å²) in [5, 5.41) is 0. The Morgan fingerprint density at radius 3 is 1.92 bits per heavy atom. The maximum absolute atomic E-state index is 13.6. The summed E-state index contributed by atoms with van der Waals surface area (Å²) in [6.45, 7) is 4.09. The lowest BCUT2D eigenvalue weighted by Gasteiger charge is -2.25. The standard InChI is InChI=1S/C28H25BrN2O5/c1-3-35-27(33)19-7-13-22(14-8-19)30-24-17-25(18-5-11-21(29)12-6-18)31(26(24)32)23-15-9-20(10-16-23)28(34)36-4-2/h5-16,25H,3-4,17H2,1-2H3. The Balaban J connectivity index is 1.66. The number of esters is 2. The van der Waals surface area contributed by atoms with Crippen LogP contribution in [-0.2, 0) is 14.3 Å². The zero-order chi connectivity index (χ0) is 25.7. The number of hydrogen-bond acceptors (Lipinski definition) is 6. The van der Waals surface area contributed by atoms with E-state index in [0.29, 0.717) is 41.2 Å². The quantitative estimate of drug-likeness (QED) is 0.335. The van der Waals surface area contributed by atoms with Gasteiger partial charge in [-0.2, -0.15) is 0 Å². The molecule has 0 aliphatic carbocycles. The summed E-state index contributed by atoms with van der Waals surface area (Å²) in [6, 6.07) is 21.0. The molecule has 1 amide bonds. The van der Waals surface area contributed by atoms with E-state index in [2.05, 4.69) is 20.9 Å². The molecule has 0 N–H and O–H groups in total. The third-order valence-corrected chi connectivity index (χ3v) is 6.25. The van der Waals surface area contributed by atoms with E-state index in [4.69, 9.17) is 9.47 Å². The van der Waals surface area contributed by atoms with Crippen molar-refractivity contribution in [3.63, 3.8) is 0 Å². The lowest BCUT2D eigenvalue weighted by Crippen LogP contribution is -2.29. The molecule has 1 heterocycles. The monoisotopic (exact) mass is 548 g/mol. The molecule has 3 aromatic rings. The van der Waals surface area contributed by atoms with Gasteiger partial charge < -0.3 is 9.47 Å². The fourth-order valence-electron chi connectivity index (χ4n) is 4.00.